The zero-order chi connectivity index (χ0) is 8.84. The van der Waals surface area contributed by atoms with E-state index >= 15 is 0 Å². The molecule has 2 fully saturated rings. The minimum absolute atomic E-state index is 0.703. The lowest BCUT2D eigenvalue weighted by molar-refractivity contribution is 0.797. The summed E-state index contributed by atoms with van der Waals surface area (Å²) in [5.74, 6) is 2.25. The van der Waals surface area contributed by atoms with E-state index in [0.29, 0.717) is 5.92 Å². The van der Waals surface area contributed by atoms with Crippen LogP contribution in [0, 0.1) is 5.92 Å². The molecule has 2 nitrogen and oxygen atoms in total. The van der Waals surface area contributed by atoms with Gasteiger partial charge in [-0.1, -0.05) is 0 Å². The number of rotatable bonds is 3. The van der Waals surface area contributed by atoms with Crippen LogP contribution in [-0.2, 0) is 0 Å². The third-order valence-corrected chi connectivity index (χ3v) is 4.10. The van der Waals surface area contributed by atoms with E-state index in [1.54, 1.807) is 0 Å². The maximum atomic E-state index is 5.62. The van der Waals surface area contributed by atoms with Gasteiger partial charge in [-0.05, 0) is 31.7 Å². The van der Waals surface area contributed by atoms with Crippen LogP contribution in [0.15, 0.2) is 5.38 Å². The molecule has 0 radical (unpaired) electrons. The highest BCUT2D eigenvalue weighted by atomic mass is 32.1. The normalized spacial score (nSPS) is 32.1. The van der Waals surface area contributed by atoms with Crippen LogP contribution in [0.4, 0.5) is 0 Å². The Hall–Kier alpha value is -0.410. The van der Waals surface area contributed by atoms with Crippen LogP contribution < -0.4 is 5.73 Å². The van der Waals surface area contributed by atoms with Crippen LogP contribution >= 0.6 is 11.3 Å². The Morgan fingerprint density at radius 2 is 2.38 bits per heavy atom. The number of aromatic nitrogens is 1. The molecular formula is C10H14N2S. The van der Waals surface area contributed by atoms with E-state index in [0.717, 1.165) is 18.4 Å². The van der Waals surface area contributed by atoms with Gasteiger partial charge in [-0.2, -0.15) is 0 Å². The number of nitrogens with two attached hydrogens (primary N) is 1. The molecule has 2 aliphatic carbocycles. The molecule has 2 saturated carbocycles. The molecule has 0 unspecified atom stereocenters. The van der Waals surface area contributed by atoms with Crippen molar-refractivity contribution in [3.05, 3.63) is 16.1 Å². The third kappa shape index (κ3) is 1.40. The second kappa shape index (κ2) is 2.79. The van der Waals surface area contributed by atoms with Gasteiger partial charge in [-0.15, -0.1) is 11.3 Å². The molecule has 2 atom stereocenters. The van der Waals surface area contributed by atoms with Crippen LogP contribution in [-0.4, -0.2) is 11.5 Å². The van der Waals surface area contributed by atoms with E-state index in [4.69, 9.17) is 10.7 Å². The zero-order valence-electron chi connectivity index (χ0n) is 7.57. The van der Waals surface area contributed by atoms with Gasteiger partial charge in [0, 0.05) is 17.2 Å². The van der Waals surface area contributed by atoms with Crippen molar-refractivity contribution in [2.75, 3.05) is 6.54 Å². The Morgan fingerprint density at radius 1 is 1.54 bits per heavy atom. The molecule has 13 heavy (non-hydrogen) atoms. The predicted molar refractivity (Wildman–Crippen MR) is 54.0 cm³/mol. The molecule has 0 saturated heterocycles. The molecular weight excluding hydrogens is 180 g/mol. The molecule has 1 heterocycles. The molecule has 0 bridgehead atoms. The second-order valence-electron chi connectivity index (χ2n) is 4.22. The summed E-state index contributed by atoms with van der Waals surface area (Å²) < 4.78 is 0. The molecule has 70 valence electrons. The molecule has 0 aromatic carbocycles. The number of nitrogens with zero attached hydrogens (tertiary/aromatic N) is 1. The summed E-state index contributed by atoms with van der Waals surface area (Å²) in [6, 6.07) is 0. The molecule has 1 aromatic heterocycles. The first-order valence-corrected chi connectivity index (χ1v) is 5.92. The largest absolute Gasteiger partial charge is 0.330 e. The Bertz CT molecular complexity index is 316. The molecule has 0 spiro atoms. The van der Waals surface area contributed by atoms with Gasteiger partial charge in [-0.25, -0.2) is 4.98 Å². The molecule has 2 aliphatic rings. The Balaban J connectivity index is 1.75. The summed E-state index contributed by atoms with van der Waals surface area (Å²) in [5, 5.41) is 3.62. The van der Waals surface area contributed by atoms with Crippen molar-refractivity contribution in [3.8, 4) is 0 Å². The van der Waals surface area contributed by atoms with Gasteiger partial charge in [-0.3, -0.25) is 0 Å². The number of hydrogen-bond acceptors (Lipinski definition) is 3. The lowest BCUT2D eigenvalue weighted by Gasteiger charge is -1.91. The van der Waals surface area contributed by atoms with Crippen molar-refractivity contribution in [1.29, 1.82) is 0 Å². The third-order valence-electron chi connectivity index (χ3n) is 3.07. The predicted octanol–water partition coefficient (Wildman–Crippen LogP) is 2.08. The summed E-state index contributed by atoms with van der Waals surface area (Å²) in [6.07, 6.45) is 3.99. The Kier molecular flexibility index (Phi) is 1.70. The molecule has 3 rings (SSSR count). The van der Waals surface area contributed by atoms with Crippen molar-refractivity contribution < 1.29 is 0 Å². The minimum Gasteiger partial charge on any atom is -0.330 e. The topological polar surface area (TPSA) is 38.9 Å². The van der Waals surface area contributed by atoms with Crippen molar-refractivity contribution in [3.63, 3.8) is 0 Å². The maximum absolute atomic E-state index is 5.62. The summed E-state index contributed by atoms with van der Waals surface area (Å²) in [7, 11) is 0. The maximum Gasteiger partial charge on any atom is 0.0959 e. The van der Waals surface area contributed by atoms with Gasteiger partial charge in [0.2, 0.25) is 0 Å². The average molecular weight is 194 g/mol. The first kappa shape index (κ1) is 7.94. The summed E-state index contributed by atoms with van der Waals surface area (Å²) in [5.41, 5.74) is 6.94. The van der Waals surface area contributed by atoms with E-state index in [2.05, 4.69) is 5.38 Å². The van der Waals surface area contributed by atoms with E-state index < -0.39 is 0 Å². The Morgan fingerprint density at radius 3 is 3.00 bits per heavy atom. The molecule has 2 N–H and O–H groups in total. The van der Waals surface area contributed by atoms with Crippen molar-refractivity contribution in [1.82, 2.24) is 4.98 Å². The first-order chi connectivity index (χ1) is 6.38. The van der Waals surface area contributed by atoms with E-state index in [9.17, 15) is 0 Å². The lowest BCUT2D eigenvalue weighted by atomic mass is 10.2. The fourth-order valence-corrected chi connectivity index (χ4v) is 2.91. The lowest BCUT2D eigenvalue weighted by Crippen LogP contribution is -2.02. The van der Waals surface area contributed by atoms with Gasteiger partial charge in [0.05, 0.1) is 10.7 Å². The average Bonchev–Trinajstić information content (AvgIpc) is 3.06. The van der Waals surface area contributed by atoms with Gasteiger partial charge in [0.1, 0.15) is 0 Å². The van der Waals surface area contributed by atoms with E-state index in [1.807, 2.05) is 11.3 Å². The first-order valence-electron chi connectivity index (χ1n) is 5.04. The molecule has 0 aliphatic heterocycles. The zero-order valence-corrected chi connectivity index (χ0v) is 8.39. The molecule has 1 aromatic rings. The highest BCUT2D eigenvalue weighted by molar-refractivity contribution is 7.09. The van der Waals surface area contributed by atoms with Gasteiger partial charge < -0.3 is 5.73 Å². The van der Waals surface area contributed by atoms with Gasteiger partial charge in [0.25, 0.3) is 0 Å². The second-order valence-corrected chi connectivity index (χ2v) is 5.11. The van der Waals surface area contributed by atoms with Crippen molar-refractivity contribution in [2.45, 2.75) is 31.1 Å². The highest BCUT2D eigenvalue weighted by Gasteiger charge is 2.39. The fourth-order valence-electron chi connectivity index (χ4n) is 1.86. The van der Waals surface area contributed by atoms with Crippen LogP contribution in [0.2, 0.25) is 0 Å². The molecule has 3 heteroatoms. The van der Waals surface area contributed by atoms with Crippen molar-refractivity contribution >= 4 is 11.3 Å². The fraction of sp³-hybridized carbons (Fsp3) is 0.700. The number of thiazole rings is 1. The van der Waals surface area contributed by atoms with Gasteiger partial charge >= 0.3 is 0 Å². The highest BCUT2D eigenvalue weighted by Crippen LogP contribution is 2.49. The van der Waals surface area contributed by atoms with Crippen LogP contribution in [0.25, 0.3) is 0 Å². The van der Waals surface area contributed by atoms with Crippen LogP contribution in [0.1, 0.15) is 41.8 Å². The SMILES string of the molecule is NC[C@@H]1C[C@H]1c1csc(C2CC2)n1. The van der Waals surface area contributed by atoms with E-state index in [1.165, 1.54) is 30.0 Å². The van der Waals surface area contributed by atoms with Crippen LogP contribution in [0.5, 0.6) is 0 Å². The Labute approximate surface area is 82.2 Å². The van der Waals surface area contributed by atoms with Crippen molar-refractivity contribution in [2.24, 2.45) is 11.7 Å². The number of hydrogen-bond donors (Lipinski definition) is 1. The van der Waals surface area contributed by atoms with E-state index in [-0.39, 0.29) is 0 Å². The summed E-state index contributed by atoms with van der Waals surface area (Å²) in [6.45, 7) is 0.834. The summed E-state index contributed by atoms with van der Waals surface area (Å²) >= 11 is 1.85. The molecule has 0 amide bonds. The van der Waals surface area contributed by atoms with Crippen LogP contribution in [0.3, 0.4) is 0 Å². The summed E-state index contributed by atoms with van der Waals surface area (Å²) in [4.78, 5) is 4.70. The standard InChI is InChI=1S/C10H14N2S/c11-4-7-3-8(7)9-5-13-10(12-9)6-1-2-6/h5-8H,1-4,11H2/t7-,8+/m0/s1. The van der Waals surface area contributed by atoms with Gasteiger partial charge in [0.15, 0.2) is 0 Å². The smallest absolute Gasteiger partial charge is 0.0959 e. The monoisotopic (exact) mass is 194 g/mol. The minimum atomic E-state index is 0.703. The quantitative estimate of drug-likeness (QED) is 0.800.